The van der Waals surface area contributed by atoms with E-state index in [9.17, 15) is 4.39 Å². The molecule has 0 fully saturated rings. The second-order valence-electron chi connectivity index (χ2n) is 7.78. The van der Waals surface area contributed by atoms with Crippen molar-refractivity contribution in [2.75, 3.05) is 0 Å². The van der Waals surface area contributed by atoms with Gasteiger partial charge in [-0.25, -0.2) is 9.37 Å². The summed E-state index contributed by atoms with van der Waals surface area (Å²) >= 11 is 0. The van der Waals surface area contributed by atoms with E-state index in [2.05, 4.69) is 36.2 Å². The summed E-state index contributed by atoms with van der Waals surface area (Å²) in [6, 6.07) is 10.5. The van der Waals surface area contributed by atoms with Crippen molar-refractivity contribution in [2.45, 2.75) is 6.92 Å². The van der Waals surface area contributed by atoms with E-state index < -0.39 is 0 Å². The Morgan fingerprint density at radius 1 is 0.906 bits per heavy atom. The molecule has 7 nitrogen and oxygen atoms in total. The lowest BCUT2D eigenvalue weighted by Gasteiger charge is -2.03. The van der Waals surface area contributed by atoms with Crippen LogP contribution in [0, 0.1) is 12.7 Å². The van der Waals surface area contributed by atoms with Crippen LogP contribution in [0.2, 0.25) is 0 Å². The lowest BCUT2D eigenvalue weighted by molar-refractivity contribution is 0.628. The van der Waals surface area contributed by atoms with E-state index in [-0.39, 0.29) is 5.82 Å². The van der Waals surface area contributed by atoms with E-state index in [0.717, 1.165) is 61.5 Å². The number of H-pyrrole nitrogens is 2. The minimum absolute atomic E-state index is 0.264. The largest absolute Gasteiger partial charge is 0.352 e. The van der Waals surface area contributed by atoms with Crippen LogP contribution in [-0.4, -0.2) is 34.7 Å². The van der Waals surface area contributed by atoms with Crippen molar-refractivity contribution >= 4 is 21.8 Å². The fraction of sp³-hybridized carbons (Fsp3) is 0.0833. The van der Waals surface area contributed by atoms with Crippen molar-refractivity contribution in [1.82, 2.24) is 34.7 Å². The fourth-order valence-corrected chi connectivity index (χ4v) is 4.04. The van der Waals surface area contributed by atoms with Crippen molar-refractivity contribution in [3.8, 4) is 33.9 Å². The second kappa shape index (κ2) is 6.84. The van der Waals surface area contributed by atoms with Crippen molar-refractivity contribution < 1.29 is 4.39 Å². The molecule has 1 aromatic carbocycles. The number of pyridine rings is 2. The summed E-state index contributed by atoms with van der Waals surface area (Å²) < 4.78 is 15.4. The Kier molecular flexibility index (Phi) is 3.94. The van der Waals surface area contributed by atoms with Gasteiger partial charge in [-0.15, -0.1) is 0 Å². The molecule has 0 saturated carbocycles. The van der Waals surface area contributed by atoms with Gasteiger partial charge in [0.25, 0.3) is 0 Å². The Morgan fingerprint density at radius 3 is 2.53 bits per heavy atom. The predicted molar refractivity (Wildman–Crippen MR) is 121 cm³/mol. The molecule has 0 aliphatic carbocycles. The highest BCUT2D eigenvalue weighted by molar-refractivity contribution is 6.00. The molecule has 6 rings (SSSR count). The second-order valence-corrected chi connectivity index (χ2v) is 7.78. The lowest BCUT2D eigenvalue weighted by atomic mass is 10.0. The van der Waals surface area contributed by atoms with Gasteiger partial charge in [-0.3, -0.25) is 15.1 Å². The zero-order valence-electron chi connectivity index (χ0n) is 17.4. The van der Waals surface area contributed by atoms with Gasteiger partial charge in [0.2, 0.25) is 0 Å². The van der Waals surface area contributed by atoms with E-state index in [1.54, 1.807) is 30.7 Å². The number of imidazole rings is 1. The molecule has 0 unspecified atom stereocenters. The Bertz CT molecular complexity index is 1610. The van der Waals surface area contributed by atoms with Gasteiger partial charge < -0.3 is 9.55 Å². The van der Waals surface area contributed by atoms with Crippen LogP contribution >= 0.6 is 0 Å². The summed E-state index contributed by atoms with van der Waals surface area (Å²) in [7, 11) is 1.97. The van der Waals surface area contributed by atoms with Crippen LogP contribution in [0.4, 0.5) is 4.39 Å². The Hall–Kier alpha value is -4.33. The monoisotopic (exact) mass is 423 g/mol. The maximum Gasteiger partial charge on any atom is 0.123 e. The van der Waals surface area contributed by atoms with Gasteiger partial charge in [0.1, 0.15) is 17.3 Å². The maximum atomic E-state index is 13.4. The Morgan fingerprint density at radius 2 is 1.75 bits per heavy atom. The van der Waals surface area contributed by atoms with E-state index in [0.29, 0.717) is 0 Å². The molecule has 8 heteroatoms. The predicted octanol–water partition coefficient (Wildman–Crippen LogP) is 5.02. The minimum Gasteiger partial charge on any atom is -0.352 e. The van der Waals surface area contributed by atoms with E-state index in [1.165, 1.54) is 12.1 Å². The van der Waals surface area contributed by atoms with Crippen LogP contribution in [0.1, 0.15) is 5.82 Å². The highest BCUT2D eigenvalue weighted by Gasteiger charge is 2.16. The van der Waals surface area contributed by atoms with E-state index in [1.807, 2.05) is 30.8 Å². The highest BCUT2D eigenvalue weighted by atomic mass is 19.1. The standard InChI is InChI=1S/C24H18FN7/c1-13-27-12-23(32(13)2)19-8-17-22(11-28-19)30-31-24(17)20-7-16-18(9-26-10-21(16)29-20)14-3-5-15(25)6-4-14/h3-12,29H,1-2H3,(H,30,31). The normalized spacial score (nSPS) is 11.6. The molecule has 5 heterocycles. The Labute approximate surface area is 182 Å². The number of hydrogen-bond acceptors (Lipinski definition) is 4. The number of aromatic nitrogens is 7. The number of aryl methyl sites for hydroxylation is 1. The van der Waals surface area contributed by atoms with Crippen molar-refractivity contribution in [1.29, 1.82) is 0 Å². The average molecular weight is 423 g/mol. The van der Waals surface area contributed by atoms with Crippen molar-refractivity contribution in [3.05, 3.63) is 72.8 Å². The van der Waals surface area contributed by atoms with E-state index >= 15 is 0 Å². The third kappa shape index (κ3) is 2.80. The summed E-state index contributed by atoms with van der Waals surface area (Å²) in [4.78, 5) is 16.7. The first-order valence-corrected chi connectivity index (χ1v) is 10.1. The average Bonchev–Trinajstić information content (AvgIpc) is 3.50. The molecule has 0 bridgehead atoms. The van der Waals surface area contributed by atoms with Gasteiger partial charge in [-0.05, 0) is 36.8 Å². The summed E-state index contributed by atoms with van der Waals surface area (Å²) in [5.41, 5.74) is 6.99. The molecule has 0 atom stereocenters. The minimum atomic E-state index is -0.264. The molecule has 0 radical (unpaired) electrons. The third-order valence-corrected chi connectivity index (χ3v) is 5.89. The van der Waals surface area contributed by atoms with Crippen LogP contribution in [0.15, 0.2) is 61.2 Å². The molecule has 0 saturated heterocycles. The zero-order chi connectivity index (χ0) is 21.8. The van der Waals surface area contributed by atoms with Gasteiger partial charge in [-0.1, -0.05) is 12.1 Å². The highest BCUT2D eigenvalue weighted by Crippen LogP contribution is 2.34. The number of fused-ring (bicyclic) bond motifs is 2. The summed E-state index contributed by atoms with van der Waals surface area (Å²) in [6.07, 6.45) is 7.19. The van der Waals surface area contributed by atoms with E-state index in [4.69, 9.17) is 0 Å². The van der Waals surface area contributed by atoms with Crippen LogP contribution in [0.3, 0.4) is 0 Å². The molecule has 5 aromatic heterocycles. The molecule has 0 aliphatic heterocycles. The molecule has 2 N–H and O–H groups in total. The number of nitrogens with one attached hydrogen (secondary N) is 2. The van der Waals surface area contributed by atoms with Crippen LogP contribution in [-0.2, 0) is 7.05 Å². The molecular weight excluding hydrogens is 405 g/mol. The molecule has 156 valence electrons. The zero-order valence-corrected chi connectivity index (χ0v) is 17.4. The van der Waals surface area contributed by atoms with Gasteiger partial charge in [0, 0.05) is 29.6 Å². The molecule has 0 aliphatic rings. The number of halogens is 1. The number of rotatable bonds is 3. The summed E-state index contributed by atoms with van der Waals surface area (Å²) in [5, 5.41) is 9.57. The summed E-state index contributed by atoms with van der Waals surface area (Å²) in [5.74, 6) is 0.658. The van der Waals surface area contributed by atoms with Gasteiger partial charge in [0.15, 0.2) is 0 Å². The smallest absolute Gasteiger partial charge is 0.123 e. The fourth-order valence-electron chi connectivity index (χ4n) is 4.04. The summed E-state index contributed by atoms with van der Waals surface area (Å²) in [6.45, 7) is 1.96. The van der Waals surface area contributed by atoms with Crippen LogP contribution < -0.4 is 0 Å². The third-order valence-electron chi connectivity index (χ3n) is 5.89. The molecule has 0 amide bonds. The molecule has 32 heavy (non-hydrogen) atoms. The van der Waals surface area contributed by atoms with Crippen LogP contribution in [0.25, 0.3) is 55.7 Å². The van der Waals surface area contributed by atoms with Crippen molar-refractivity contribution in [2.24, 2.45) is 7.05 Å². The number of hydrogen-bond donors (Lipinski definition) is 2. The first-order valence-electron chi connectivity index (χ1n) is 10.1. The van der Waals surface area contributed by atoms with Crippen LogP contribution in [0.5, 0.6) is 0 Å². The van der Waals surface area contributed by atoms with Gasteiger partial charge in [-0.2, -0.15) is 5.10 Å². The topological polar surface area (TPSA) is 88.1 Å². The molecular formula is C24H18FN7. The van der Waals surface area contributed by atoms with Gasteiger partial charge >= 0.3 is 0 Å². The number of benzene rings is 1. The first kappa shape index (κ1) is 18.4. The Balaban J connectivity index is 1.51. The maximum absolute atomic E-state index is 13.4. The van der Waals surface area contributed by atoms with Gasteiger partial charge in [0.05, 0.1) is 46.7 Å². The molecule has 6 aromatic rings. The molecule has 0 spiro atoms. The first-order chi connectivity index (χ1) is 15.6. The quantitative estimate of drug-likeness (QED) is 0.419. The number of nitrogens with zero attached hydrogens (tertiary/aromatic N) is 5. The number of aromatic amines is 2. The lowest BCUT2D eigenvalue weighted by Crippen LogP contribution is -1.95. The van der Waals surface area contributed by atoms with Crippen molar-refractivity contribution in [3.63, 3.8) is 0 Å². The SMILES string of the molecule is Cc1ncc(-c2cc3c(-c4cc5c(-c6ccc(F)cc6)cncc5[nH]4)n[nH]c3cn2)n1C.